The molecule has 6 rings (SSSR count). The number of rotatable bonds is 7. The second kappa shape index (κ2) is 11.7. The van der Waals surface area contributed by atoms with Crippen LogP contribution in [0.4, 0.5) is 10.6 Å². The fourth-order valence-electron chi connectivity index (χ4n) is 5.05. The molecular formula is C34H26N6O4. The van der Waals surface area contributed by atoms with E-state index in [0.717, 1.165) is 16.7 Å². The maximum atomic E-state index is 12.9. The maximum Gasteiger partial charge on any atom is 0.416 e. The summed E-state index contributed by atoms with van der Waals surface area (Å²) in [5.41, 5.74) is 6.04. The molecule has 0 bridgehead atoms. The predicted octanol–water partition coefficient (Wildman–Crippen LogP) is 6.18. The molecule has 0 spiro atoms. The van der Waals surface area contributed by atoms with Gasteiger partial charge in [-0.1, -0.05) is 26.0 Å². The number of ether oxygens (including phenoxy) is 1. The van der Waals surface area contributed by atoms with Crippen LogP contribution in [0.1, 0.15) is 46.8 Å². The molecule has 3 aromatic carbocycles. The topological polar surface area (TPSA) is 145 Å². The molecule has 1 fully saturated rings. The number of nitriles is 2. The molecule has 0 radical (unpaired) electrons. The van der Waals surface area contributed by atoms with Gasteiger partial charge in [0.1, 0.15) is 17.4 Å². The van der Waals surface area contributed by atoms with Crippen molar-refractivity contribution >= 4 is 28.9 Å². The summed E-state index contributed by atoms with van der Waals surface area (Å²) in [6.07, 6.45) is 0.555. The first-order valence-corrected chi connectivity index (χ1v) is 14.0. The monoisotopic (exact) mass is 582 g/mol. The van der Waals surface area contributed by atoms with E-state index < -0.39 is 12.2 Å². The van der Waals surface area contributed by atoms with Crippen LogP contribution in [-0.2, 0) is 4.74 Å². The molecule has 1 aliphatic rings. The summed E-state index contributed by atoms with van der Waals surface area (Å²) in [7, 11) is 0. The van der Waals surface area contributed by atoms with Crippen molar-refractivity contribution in [3.8, 4) is 34.7 Å². The van der Waals surface area contributed by atoms with Gasteiger partial charge in [0.05, 0.1) is 36.4 Å². The van der Waals surface area contributed by atoms with E-state index in [4.69, 9.17) is 14.4 Å². The molecule has 1 saturated heterocycles. The van der Waals surface area contributed by atoms with Crippen LogP contribution in [-0.4, -0.2) is 41.2 Å². The van der Waals surface area contributed by atoms with E-state index in [9.17, 15) is 14.9 Å². The van der Waals surface area contributed by atoms with E-state index >= 15 is 0 Å². The van der Waals surface area contributed by atoms with E-state index in [2.05, 4.69) is 27.4 Å². The Morgan fingerprint density at radius 2 is 1.77 bits per heavy atom. The quantitative estimate of drug-likeness (QED) is 0.239. The molecule has 1 N–H and O–H groups in total. The third-order valence-electron chi connectivity index (χ3n) is 7.38. The van der Waals surface area contributed by atoms with Crippen LogP contribution in [0.25, 0.3) is 33.7 Å². The van der Waals surface area contributed by atoms with Crippen LogP contribution in [0.3, 0.4) is 0 Å². The third kappa shape index (κ3) is 5.57. The lowest BCUT2D eigenvalue weighted by atomic mass is 10.00. The van der Waals surface area contributed by atoms with E-state index in [-0.39, 0.29) is 24.9 Å². The molecule has 10 heteroatoms. The van der Waals surface area contributed by atoms with Crippen molar-refractivity contribution in [3.63, 3.8) is 0 Å². The molecule has 0 aliphatic carbocycles. The van der Waals surface area contributed by atoms with Crippen molar-refractivity contribution in [2.24, 2.45) is 0 Å². The Kier molecular flexibility index (Phi) is 7.49. The van der Waals surface area contributed by atoms with Gasteiger partial charge in [0.25, 0.3) is 5.91 Å². The third-order valence-corrected chi connectivity index (χ3v) is 7.38. The molecule has 1 unspecified atom stereocenters. The largest absolute Gasteiger partial charge is 0.442 e. The number of nitrogens with one attached hydrogen (secondary N) is 1. The molecule has 0 saturated carbocycles. The first-order valence-electron chi connectivity index (χ1n) is 14.0. The Morgan fingerprint density at radius 3 is 2.48 bits per heavy atom. The highest BCUT2D eigenvalue weighted by atomic mass is 16.6. The molecule has 216 valence electrons. The van der Waals surface area contributed by atoms with Crippen LogP contribution >= 0.6 is 0 Å². The van der Waals surface area contributed by atoms with Crippen LogP contribution in [0.15, 0.2) is 83.4 Å². The predicted molar refractivity (Wildman–Crippen MR) is 163 cm³/mol. The summed E-state index contributed by atoms with van der Waals surface area (Å²) < 4.78 is 11.5. The highest BCUT2D eigenvalue weighted by Crippen LogP contribution is 2.31. The minimum atomic E-state index is -0.548. The number of carbonyl (C=O) groups is 2. The fourth-order valence-corrected chi connectivity index (χ4v) is 5.05. The zero-order valence-electron chi connectivity index (χ0n) is 23.9. The second-order valence-corrected chi connectivity index (χ2v) is 10.7. The number of carbonyl (C=O) groups excluding carboxylic acids is 2. The Labute approximate surface area is 253 Å². The van der Waals surface area contributed by atoms with E-state index in [0.29, 0.717) is 45.1 Å². The van der Waals surface area contributed by atoms with Crippen LogP contribution in [0, 0.1) is 22.7 Å². The SMILES string of the molecule is CC(C)c1cc(C#N)cc2nc(-c3ccc(C(=O)NCC4CN(c5ccc(-c6cccc(C#N)c6)cn5)C(=O)O4)cc3)oc12. The van der Waals surface area contributed by atoms with E-state index in [1.165, 1.54) is 4.90 Å². The smallest absolute Gasteiger partial charge is 0.416 e. The van der Waals surface area contributed by atoms with Gasteiger partial charge in [-0.3, -0.25) is 9.69 Å². The van der Waals surface area contributed by atoms with Crippen molar-refractivity contribution in [1.82, 2.24) is 15.3 Å². The van der Waals surface area contributed by atoms with E-state index in [1.807, 2.05) is 32.0 Å². The number of cyclic esters (lactones) is 1. The second-order valence-electron chi connectivity index (χ2n) is 10.7. The first kappa shape index (κ1) is 28.1. The number of anilines is 1. The van der Waals surface area contributed by atoms with Gasteiger partial charge in [-0.15, -0.1) is 0 Å². The lowest BCUT2D eigenvalue weighted by molar-refractivity contribution is 0.0916. The molecule has 2 amide bonds. The zero-order chi connectivity index (χ0) is 30.8. The first-order chi connectivity index (χ1) is 21.3. The summed E-state index contributed by atoms with van der Waals surface area (Å²) in [5.74, 6) is 0.675. The number of aromatic nitrogens is 2. The fraction of sp³-hybridized carbons (Fsp3) is 0.176. The summed E-state index contributed by atoms with van der Waals surface area (Å²) >= 11 is 0. The normalized spacial score (nSPS) is 14.3. The van der Waals surface area contributed by atoms with Crippen LogP contribution < -0.4 is 10.2 Å². The van der Waals surface area contributed by atoms with Gasteiger partial charge in [0.15, 0.2) is 5.58 Å². The Hall–Kier alpha value is -6.00. The minimum absolute atomic E-state index is 0.131. The van der Waals surface area contributed by atoms with Crippen molar-refractivity contribution in [1.29, 1.82) is 10.5 Å². The van der Waals surface area contributed by atoms with Gasteiger partial charge in [-0.2, -0.15) is 10.5 Å². The molecule has 44 heavy (non-hydrogen) atoms. The van der Waals surface area contributed by atoms with Gasteiger partial charge in [-0.05, 0) is 72.1 Å². The van der Waals surface area contributed by atoms with Gasteiger partial charge in [0, 0.05) is 28.5 Å². The summed E-state index contributed by atoms with van der Waals surface area (Å²) in [5, 5.41) is 21.3. The minimum Gasteiger partial charge on any atom is -0.442 e. The molecule has 1 aliphatic heterocycles. The number of pyridine rings is 1. The highest BCUT2D eigenvalue weighted by Gasteiger charge is 2.33. The number of hydrogen-bond acceptors (Lipinski definition) is 8. The van der Waals surface area contributed by atoms with Crippen molar-refractivity contribution in [3.05, 3.63) is 101 Å². The average Bonchev–Trinajstić information content (AvgIpc) is 3.66. The molecule has 5 aromatic rings. The van der Waals surface area contributed by atoms with E-state index in [1.54, 1.807) is 60.8 Å². The lowest BCUT2D eigenvalue weighted by Crippen LogP contribution is -2.34. The van der Waals surface area contributed by atoms with Gasteiger partial charge in [0.2, 0.25) is 5.89 Å². The van der Waals surface area contributed by atoms with Gasteiger partial charge in [-0.25, -0.2) is 14.8 Å². The zero-order valence-corrected chi connectivity index (χ0v) is 23.9. The summed E-state index contributed by atoms with van der Waals surface area (Å²) in [4.78, 5) is 35.8. The van der Waals surface area contributed by atoms with Crippen LogP contribution in [0.2, 0.25) is 0 Å². The molecule has 1 atom stereocenters. The number of amides is 2. The van der Waals surface area contributed by atoms with Crippen molar-refractivity contribution in [2.75, 3.05) is 18.0 Å². The Bertz CT molecular complexity index is 1970. The molecule has 2 aromatic heterocycles. The van der Waals surface area contributed by atoms with Gasteiger partial charge >= 0.3 is 6.09 Å². The highest BCUT2D eigenvalue weighted by molar-refractivity contribution is 5.95. The number of nitrogens with zero attached hydrogens (tertiary/aromatic N) is 5. The Morgan fingerprint density at radius 1 is 1.00 bits per heavy atom. The summed E-state index contributed by atoms with van der Waals surface area (Å²) in [6.45, 7) is 4.43. The number of fused-ring (bicyclic) bond motifs is 1. The number of hydrogen-bond donors (Lipinski definition) is 1. The van der Waals surface area contributed by atoms with Crippen molar-refractivity contribution in [2.45, 2.75) is 25.9 Å². The molecular weight excluding hydrogens is 556 g/mol. The number of oxazole rings is 1. The summed E-state index contributed by atoms with van der Waals surface area (Å²) in [6, 6.07) is 25.4. The molecule has 10 nitrogen and oxygen atoms in total. The number of benzene rings is 3. The van der Waals surface area contributed by atoms with Gasteiger partial charge < -0.3 is 14.5 Å². The lowest BCUT2D eigenvalue weighted by Gasteiger charge is -2.13. The maximum absolute atomic E-state index is 12.9. The van der Waals surface area contributed by atoms with Crippen LogP contribution in [0.5, 0.6) is 0 Å². The molecule has 3 heterocycles. The standard InChI is InChI=1S/C34H26N6O4/c1-20(2)28-13-22(16-36)14-29-31(28)44-33(39-29)24-8-6-23(7-9-24)32(41)38-18-27-19-40(34(42)43-27)30-11-10-26(17-37-30)25-5-3-4-21(12-25)15-35/h3-14,17,20,27H,18-19H2,1-2H3,(H,38,41). The van der Waals surface area contributed by atoms with Crippen molar-refractivity contribution < 1.29 is 18.7 Å². The Balaban J connectivity index is 1.08. The average molecular weight is 583 g/mol.